The van der Waals surface area contributed by atoms with Crippen LogP contribution in [0.3, 0.4) is 0 Å². The maximum atomic E-state index is 7.16. The van der Waals surface area contributed by atoms with Crippen LogP contribution in [0.25, 0.3) is 0 Å². The Morgan fingerprint density at radius 3 is 2.91 bits per heavy atom. The number of rotatable bonds is 1. The van der Waals surface area contributed by atoms with Gasteiger partial charge in [0.05, 0.1) is 6.61 Å². The summed E-state index contributed by atoms with van der Waals surface area (Å²) in [6, 6.07) is 0. The van der Waals surface area contributed by atoms with Crippen LogP contribution in [-0.4, -0.2) is 37.5 Å². The fourth-order valence-electron chi connectivity index (χ4n) is 1.39. The monoisotopic (exact) mass is 158 g/mol. The highest BCUT2D eigenvalue weighted by molar-refractivity contribution is 5.82. The van der Waals surface area contributed by atoms with E-state index in [1.807, 2.05) is 0 Å². The molecule has 0 aromatic heterocycles. The van der Waals surface area contributed by atoms with Gasteiger partial charge in [-0.15, -0.1) is 0 Å². The molecule has 0 aromatic carbocycles. The maximum Gasteiger partial charge on any atom is 0.148 e. The van der Waals surface area contributed by atoms with E-state index in [1.165, 1.54) is 0 Å². The average molecular weight is 158 g/mol. The van der Waals surface area contributed by atoms with Crippen LogP contribution in [0.5, 0.6) is 0 Å². The first-order valence-corrected chi connectivity index (χ1v) is 3.48. The molecule has 3 unspecified atom stereocenters. The van der Waals surface area contributed by atoms with Gasteiger partial charge in [0.15, 0.2) is 0 Å². The molecule has 11 heavy (non-hydrogen) atoms. The Hall–Kier alpha value is -0.650. The van der Waals surface area contributed by atoms with Gasteiger partial charge in [-0.3, -0.25) is 5.41 Å². The van der Waals surface area contributed by atoms with E-state index in [9.17, 15) is 0 Å². The number of hydrogen-bond acceptors (Lipinski definition) is 4. The Morgan fingerprint density at radius 1 is 1.36 bits per heavy atom. The lowest BCUT2D eigenvalue weighted by Crippen LogP contribution is -2.38. The summed E-state index contributed by atoms with van der Waals surface area (Å²) in [5.41, 5.74) is 5.28. The Balaban J connectivity index is 2.08. The fraction of sp³-hybridized carbons (Fsp3) is 0.833. The van der Waals surface area contributed by atoms with E-state index in [0.717, 1.165) is 0 Å². The topological polar surface area (TPSA) is 77.6 Å². The molecular weight excluding hydrogens is 148 g/mol. The molecule has 2 heterocycles. The number of nitrogens with one attached hydrogen (secondary N) is 1. The molecule has 5 heteroatoms. The van der Waals surface area contributed by atoms with Crippen LogP contribution in [0.4, 0.5) is 0 Å². The number of nitrogens with two attached hydrogens (primary N) is 1. The van der Waals surface area contributed by atoms with Crippen LogP contribution >= 0.6 is 0 Å². The Bertz CT molecular complexity index is 185. The largest absolute Gasteiger partial charge is 0.385 e. The third-order valence-corrected chi connectivity index (χ3v) is 1.95. The van der Waals surface area contributed by atoms with Gasteiger partial charge in [-0.2, -0.15) is 0 Å². The van der Waals surface area contributed by atoms with Crippen molar-refractivity contribution in [3.8, 4) is 0 Å². The van der Waals surface area contributed by atoms with Crippen molar-refractivity contribution in [3.63, 3.8) is 0 Å². The predicted molar refractivity (Wildman–Crippen MR) is 36.3 cm³/mol. The minimum atomic E-state index is -0.400. The zero-order valence-electron chi connectivity index (χ0n) is 5.95. The molecule has 62 valence electrons. The molecular formula is C6H10N2O3. The van der Waals surface area contributed by atoms with E-state index < -0.39 is 6.10 Å². The zero-order valence-corrected chi connectivity index (χ0v) is 5.95. The molecule has 2 saturated heterocycles. The van der Waals surface area contributed by atoms with Gasteiger partial charge in [-0.05, 0) is 0 Å². The van der Waals surface area contributed by atoms with Crippen molar-refractivity contribution in [1.29, 1.82) is 5.41 Å². The number of amidine groups is 1. The molecule has 0 amide bonds. The van der Waals surface area contributed by atoms with E-state index in [2.05, 4.69) is 0 Å². The van der Waals surface area contributed by atoms with E-state index >= 15 is 0 Å². The van der Waals surface area contributed by atoms with Crippen molar-refractivity contribution >= 4 is 5.84 Å². The number of fused-ring (bicyclic) bond motifs is 1. The van der Waals surface area contributed by atoms with Gasteiger partial charge in [-0.1, -0.05) is 0 Å². The van der Waals surface area contributed by atoms with E-state index in [0.29, 0.717) is 13.4 Å². The van der Waals surface area contributed by atoms with Crippen molar-refractivity contribution in [1.82, 2.24) is 0 Å². The summed E-state index contributed by atoms with van der Waals surface area (Å²) in [5, 5.41) is 7.16. The lowest BCUT2D eigenvalue weighted by Gasteiger charge is -2.12. The average Bonchev–Trinajstić information content (AvgIpc) is 2.41. The Labute approximate surface area is 63.9 Å². The second-order valence-electron chi connectivity index (χ2n) is 2.66. The molecule has 0 aliphatic carbocycles. The molecule has 0 bridgehead atoms. The quantitative estimate of drug-likeness (QED) is 0.381. The Morgan fingerprint density at radius 2 is 2.18 bits per heavy atom. The Kier molecular flexibility index (Phi) is 1.56. The SMILES string of the molecule is N=C(N)C1OCC2OCOC21. The maximum absolute atomic E-state index is 7.16. The normalized spacial score (nSPS) is 42.4. The highest BCUT2D eigenvalue weighted by Gasteiger charge is 2.44. The third kappa shape index (κ3) is 1.01. The second kappa shape index (κ2) is 2.44. The molecule has 0 saturated carbocycles. The molecule has 3 atom stereocenters. The van der Waals surface area contributed by atoms with Crippen LogP contribution in [0.2, 0.25) is 0 Å². The lowest BCUT2D eigenvalue weighted by molar-refractivity contribution is -0.0243. The van der Waals surface area contributed by atoms with Gasteiger partial charge >= 0.3 is 0 Å². The first kappa shape index (κ1) is 7.02. The highest BCUT2D eigenvalue weighted by Crippen LogP contribution is 2.25. The molecule has 5 nitrogen and oxygen atoms in total. The third-order valence-electron chi connectivity index (χ3n) is 1.95. The molecule has 0 spiro atoms. The van der Waals surface area contributed by atoms with Crippen molar-refractivity contribution in [2.75, 3.05) is 13.4 Å². The van der Waals surface area contributed by atoms with Gasteiger partial charge < -0.3 is 19.9 Å². The van der Waals surface area contributed by atoms with Gasteiger partial charge in [0.2, 0.25) is 0 Å². The fourth-order valence-corrected chi connectivity index (χ4v) is 1.39. The molecule has 2 rings (SSSR count). The first-order valence-electron chi connectivity index (χ1n) is 3.48. The van der Waals surface area contributed by atoms with Gasteiger partial charge in [0.1, 0.15) is 30.9 Å². The molecule has 2 aliphatic rings. The molecule has 2 aliphatic heterocycles. The molecule has 3 N–H and O–H groups in total. The van der Waals surface area contributed by atoms with Gasteiger partial charge in [0, 0.05) is 0 Å². The van der Waals surface area contributed by atoms with Crippen LogP contribution in [0, 0.1) is 5.41 Å². The first-order chi connectivity index (χ1) is 5.29. The summed E-state index contributed by atoms with van der Waals surface area (Å²) in [6.07, 6.45) is -0.584. The van der Waals surface area contributed by atoms with E-state index in [-0.39, 0.29) is 18.0 Å². The summed E-state index contributed by atoms with van der Waals surface area (Å²) < 4.78 is 15.5. The van der Waals surface area contributed by atoms with Crippen LogP contribution in [-0.2, 0) is 14.2 Å². The van der Waals surface area contributed by atoms with Crippen molar-refractivity contribution in [2.24, 2.45) is 5.73 Å². The summed E-state index contributed by atoms with van der Waals surface area (Å²) in [6.45, 7) is 0.775. The zero-order chi connectivity index (χ0) is 7.84. The summed E-state index contributed by atoms with van der Waals surface area (Å²) in [4.78, 5) is 0. The van der Waals surface area contributed by atoms with E-state index in [1.54, 1.807) is 0 Å². The lowest BCUT2D eigenvalue weighted by atomic mass is 10.1. The number of ether oxygens (including phenoxy) is 3. The van der Waals surface area contributed by atoms with E-state index in [4.69, 9.17) is 25.4 Å². The number of hydrogen-bond donors (Lipinski definition) is 2. The van der Waals surface area contributed by atoms with Gasteiger partial charge in [-0.25, -0.2) is 0 Å². The van der Waals surface area contributed by atoms with Crippen LogP contribution in [0.15, 0.2) is 0 Å². The molecule has 0 aromatic rings. The minimum absolute atomic E-state index is 0.0167. The van der Waals surface area contributed by atoms with Crippen LogP contribution < -0.4 is 5.73 Å². The summed E-state index contributed by atoms with van der Waals surface area (Å²) >= 11 is 0. The predicted octanol–water partition coefficient (Wildman–Crippen LogP) is -0.937. The summed E-state index contributed by atoms with van der Waals surface area (Å²) in [7, 11) is 0. The second-order valence-corrected chi connectivity index (χ2v) is 2.66. The standard InChI is InChI=1S/C6H10N2O3/c7-6(8)5-4-3(1-9-5)10-2-11-4/h3-5H,1-2H2,(H3,7,8). The van der Waals surface area contributed by atoms with Crippen molar-refractivity contribution in [2.45, 2.75) is 18.3 Å². The summed E-state index contributed by atoms with van der Waals surface area (Å²) in [5.74, 6) is 0.0167. The smallest absolute Gasteiger partial charge is 0.148 e. The minimum Gasteiger partial charge on any atom is -0.385 e. The van der Waals surface area contributed by atoms with Crippen molar-refractivity contribution in [3.05, 3.63) is 0 Å². The van der Waals surface area contributed by atoms with Crippen molar-refractivity contribution < 1.29 is 14.2 Å². The van der Waals surface area contributed by atoms with Gasteiger partial charge in [0.25, 0.3) is 0 Å². The molecule has 0 radical (unpaired) electrons. The highest BCUT2D eigenvalue weighted by atomic mass is 16.7. The molecule has 2 fully saturated rings. The van der Waals surface area contributed by atoms with Crippen LogP contribution in [0.1, 0.15) is 0 Å².